The maximum Gasteiger partial charge on any atom is 0.123 e. The van der Waals surface area contributed by atoms with Gasteiger partial charge in [0.15, 0.2) is 0 Å². The van der Waals surface area contributed by atoms with Crippen LogP contribution >= 0.6 is 23.2 Å². The standard InChI is InChI=1S/C16H15Cl2F/c17-11-14(8-12-4-6-16(19)7-5-12)9-13-2-1-3-15(18)10-13/h1-7,10,14H,8-9,11H2. The normalized spacial score (nSPS) is 12.4. The first-order chi connectivity index (χ1) is 9.17. The molecule has 0 heterocycles. The second-order valence-corrected chi connectivity index (χ2v) is 5.43. The first-order valence-electron chi connectivity index (χ1n) is 6.22. The van der Waals surface area contributed by atoms with Crippen LogP contribution in [0.2, 0.25) is 5.02 Å². The zero-order valence-electron chi connectivity index (χ0n) is 10.5. The Kier molecular flexibility index (Phi) is 5.24. The monoisotopic (exact) mass is 296 g/mol. The molecule has 0 fully saturated rings. The van der Waals surface area contributed by atoms with Gasteiger partial charge < -0.3 is 0 Å². The Bertz CT molecular complexity index is 523. The third kappa shape index (κ3) is 4.52. The highest BCUT2D eigenvalue weighted by Crippen LogP contribution is 2.19. The van der Waals surface area contributed by atoms with Gasteiger partial charge in [0, 0.05) is 10.9 Å². The van der Waals surface area contributed by atoms with Crippen molar-refractivity contribution in [1.82, 2.24) is 0 Å². The van der Waals surface area contributed by atoms with Crippen LogP contribution in [0.4, 0.5) is 4.39 Å². The summed E-state index contributed by atoms with van der Waals surface area (Å²) in [6.45, 7) is 0. The van der Waals surface area contributed by atoms with Gasteiger partial charge >= 0.3 is 0 Å². The Balaban J connectivity index is 2.02. The molecular weight excluding hydrogens is 282 g/mol. The van der Waals surface area contributed by atoms with Crippen LogP contribution in [0.5, 0.6) is 0 Å². The number of rotatable bonds is 5. The first-order valence-corrected chi connectivity index (χ1v) is 7.13. The molecule has 1 atom stereocenters. The number of hydrogen-bond donors (Lipinski definition) is 0. The van der Waals surface area contributed by atoms with Gasteiger partial charge in [0.05, 0.1) is 0 Å². The summed E-state index contributed by atoms with van der Waals surface area (Å²) in [7, 11) is 0. The molecule has 0 aliphatic rings. The van der Waals surface area contributed by atoms with E-state index in [0.29, 0.717) is 11.8 Å². The molecule has 1 unspecified atom stereocenters. The van der Waals surface area contributed by atoms with Crippen LogP contribution in [0.1, 0.15) is 11.1 Å². The molecule has 2 aromatic carbocycles. The predicted molar refractivity (Wildman–Crippen MR) is 79.5 cm³/mol. The molecule has 0 amide bonds. The third-order valence-corrected chi connectivity index (χ3v) is 3.74. The molecule has 19 heavy (non-hydrogen) atoms. The van der Waals surface area contributed by atoms with E-state index in [1.165, 1.54) is 17.7 Å². The predicted octanol–water partition coefficient (Wildman–Crippen LogP) is 5.12. The van der Waals surface area contributed by atoms with E-state index in [1.807, 2.05) is 30.3 Å². The highest BCUT2D eigenvalue weighted by molar-refractivity contribution is 6.30. The zero-order chi connectivity index (χ0) is 13.7. The minimum absolute atomic E-state index is 0.207. The van der Waals surface area contributed by atoms with Crippen molar-refractivity contribution in [1.29, 1.82) is 0 Å². The summed E-state index contributed by atoms with van der Waals surface area (Å²) in [4.78, 5) is 0. The molecule has 0 saturated heterocycles. The fourth-order valence-electron chi connectivity index (χ4n) is 2.13. The van der Waals surface area contributed by atoms with Crippen molar-refractivity contribution >= 4 is 23.2 Å². The summed E-state index contributed by atoms with van der Waals surface area (Å²) in [5.74, 6) is 0.691. The fraction of sp³-hybridized carbons (Fsp3) is 0.250. The lowest BCUT2D eigenvalue weighted by Crippen LogP contribution is -2.10. The zero-order valence-corrected chi connectivity index (χ0v) is 12.0. The summed E-state index contributed by atoms with van der Waals surface area (Å²) < 4.78 is 12.9. The van der Waals surface area contributed by atoms with E-state index in [2.05, 4.69) is 6.07 Å². The summed E-state index contributed by atoms with van der Waals surface area (Å²) in [5.41, 5.74) is 2.29. The molecule has 0 nitrogen and oxygen atoms in total. The van der Waals surface area contributed by atoms with Crippen LogP contribution in [0, 0.1) is 11.7 Å². The topological polar surface area (TPSA) is 0 Å². The second kappa shape index (κ2) is 6.93. The maximum atomic E-state index is 12.9. The first kappa shape index (κ1) is 14.4. The van der Waals surface area contributed by atoms with Crippen LogP contribution in [-0.4, -0.2) is 5.88 Å². The lowest BCUT2D eigenvalue weighted by molar-refractivity contribution is 0.581. The van der Waals surface area contributed by atoms with Gasteiger partial charge in [-0.25, -0.2) is 4.39 Å². The van der Waals surface area contributed by atoms with E-state index < -0.39 is 0 Å². The van der Waals surface area contributed by atoms with Crippen molar-refractivity contribution in [3.05, 3.63) is 70.5 Å². The molecule has 2 rings (SSSR count). The summed E-state index contributed by atoms with van der Waals surface area (Å²) in [5, 5.41) is 0.743. The Morgan fingerprint density at radius 3 is 2.26 bits per heavy atom. The van der Waals surface area contributed by atoms with Crippen LogP contribution in [-0.2, 0) is 12.8 Å². The van der Waals surface area contributed by atoms with Crippen molar-refractivity contribution in [3.63, 3.8) is 0 Å². The molecule has 0 saturated carbocycles. The van der Waals surface area contributed by atoms with Gasteiger partial charge in [-0.1, -0.05) is 35.9 Å². The van der Waals surface area contributed by atoms with Gasteiger partial charge in [-0.15, -0.1) is 11.6 Å². The van der Waals surface area contributed by atoms with Crippen molar-refractivity contribution in [2.45, 2.75) is 12.8 Å². The van der Waals surface area contributed by atoms with Gasteiger partial charge in [0.25, 0.3) is 0 Å². The second-order valence-electron chi connectivity index (χ2n) is 4.68. The molecule has 0 aliphatic heterocycles. The van der Waals surface area contributed by atoms with Crippen LogP contribution in [0.3, 0.4) is 0 Å². The smallest absolute Gasteiger partial charge is 0.123 e. The van der Waals surface area contributed by atoms with E-state index in [4.69, 9.17) is 23.2 Å². The molecular formula is C16H15Cl2F. The van der Waals surface area contributed by atoms with Gasteiger partial charge in [-0.3, -0.25) is 0 Å². The fourth-order valence-corrected chi connectivity index (χ4v) is 2.56. The Hall–Kier alpha value is -1.05. The lowest BCUT2D eigenvalue weighted by Gasteiger charge is -2.14. The molecule has 0 spiro atoms. The molecule has 100 valence electrons. The summed E-state index contributed by atoms with van der Waals surface area (Å²) in [6, 6.07) is 14.4. The van der Waals surface area contributed by atoms with E-state index in [9.17, 15) is 4.39 Å². The van der Waals surface area contributed by atoms with Gasteiger partial charge in [-0.05, 0) is 54.2 Å². The largest absolute Gasteiger partial charge is 0.207 e. The van der Waals surface area contributed by atoms with Crippen molar-refractivity contribution in [3.8, 4) is 0 Å². The van der Waals surface area contributed by atoms with Crippen LogP contribution in [0.15, 0.2) is 48.5 Å². The molecule has 0 N–H and O–H groups in total. The quantitative estimate of drug-likeness (QED) is 0.672. The Morgan fingerprint density at radius 2 is 1.63 bits per heavy atom. The van der Waals surface area contributed by atoms with Crippen LogP contribution in [0.25, 0.3) is 0 Å². The average molecular weight is 297 g/mol. The summed E-state index contributed by atoms with van der Waals surface area (Å²) in [6.07, 6.45) is 1.72. The highest BCUT2D eigenvalue weighted by atomic mass is 35.5. The average Bonchev–Trinajstić information content (AvgIpc) is 2.40. The third-order valence-electron chi connectivity index (χ3n) is 3.07. The van der Waals surface area contributed by atoms with Crippen LogP contribution < -0.4 is 0 Å². The molecule has 0 aromatic heterocycles. The number of benzene rings is 2. The molecule has 0 aliphatic carbocycles. The van der Waals surface area contributed by atoms with Gasteiger partial charge in [-0.2, -0.15) is 0 Å². The van der Waals surface area contributed by atoms with E-state index in [0.717, 1.165) is 23.4 Å². The SMILES string of the molecule is Fc1ccc(CC(CCl)Cc2cccc(Cl)c2)cc1. The lowest BCUT2D eigenvalue weighted by atomic mass is 9.94. The van der Waals surface area contributed by atoms with Crippen molar-refractivity contribution < 1.29 is 4.39 Å². The van der Waals surface area contributed by atoms with Gasteiger partial charge in [0.2, 0.25) is 0 Å². The molecule has 3 heteroatoms. The minimum atomic E-state index is -0.207. The maximum absolute atomic E-state index is 12.9. The minimum Gasteiger partial charge on any atom is -0.207 e. The number of halogens is 3. The molecule has 0 radical (unpaired) electrons. The number of hydrogen-bond acceptors (Lipinski definition) is 0. The van der Waals surface area contributed by atoms with Gasteiger partial charge in [0.1, 0.15) is 5.82 Å². The van der Waals surface area contributed by atoms with E-state index >= 15 is 0 Å². The molecule has 2 aromatic rings. The highest BCUT2D eigenvalue weighted by Gasteiger charge is 2.10. The molecule has 0 bridgehead atoms. The Morgan fingerprint density at radius 1 is 0.947 bits per heavy atom. The van der Waals surface area contributed by atoms with Crippen molar-refractivity contribution in [2.75, 3.05) is 5.88 Å². The Labute approximate surface area is 123 Å². The van der Waals surface area contributed by atoms with E-state index in [-0.39, 0.29) is 5.82 Å². The number of alkyl halides is 1. The van der Waals surface area contributed by atoms with E-state index in [1.54, 1.807) is 0 Å². The summed E-state index contributed by atoms with van der Waals surface area (Å²) >= 11 is 12.0. The van der Waals surface area contributed by atoms with Crippen molar-refractivity contribution in [2.24, 2.45) is 5.92 Å².